The molecule has 0 aliphatic rings. The third kappa shape index (κ3) is 3.51. The SMILES string of the molecule is CC(C)N(Cc1ccccc1N)C(=O)c1cc[nH]c(=O)c1. The van der Waals surface area contributed by atoms with E-state index in [9.17, 15) is 9.59 Å². The van der Waals surface area contributed by atoms with E-state index >= 15 is 0 Å². The predicted molar refractivity (Wildman–Crippen MR) is 82.9 cm³/mol. The van der Waals surface area contributed by atoms with E-state index in [4.69, 9.17) is 5.73 Å². The molecule has 0 atom stereocenters. The van der Waals surface area contributed by atoms with Gasteiger partial charge in [-0.05, 0) is 31.5 Å². The van der Waals surface area contributed by atoms with Crippen molar-refractivity contribution in [2.45, 2.75) is 26.4 Å². The van der Waals surface area contributed by atoms with Crippen LogP contribution in [-0.4, -0.2) is 21.8 Å². The van der Waals surface area contributed by atoms with Crippen LogP contribution in [0.1, 0.15) is 29.8 Å². The standard InChI is InChI=1S/C16H19N3O2/c1-11(2)19(10-13-5-3-4-6-14(13)17)16(21)12-7-8-18-15(20)9-12/h3-9,11H,10,17H2,1-2H3,(H,18,20). The highest BCUT2D eigenvalue weighted by Gasteiger charge is 2.20. The fourth-order valence-electron chi connectivity index (χ4n) is 2.09. The van der Waals surface area contributed by atoms with E-state index in [0.29, 0.717) is 17.8 Å². The second-order valence-electron chi connectivity index (χ2n) is 5.17. The zero-order chi connectivity index (χ0) is 15.4. The van der Waals surface area contributed by atoms with Gasteiger partial charge in [-0.15, -0.1) is 0 Å². The van der Waals surface area contributed by atoms with E-state index in [1.165, 1.54) is 12.3 Å². The molecule has 0 saturated heterocycles. The van der Waals surface area contributed by atoms with Crippen molar-refractivity contribution in [2.75, 3.05) is 5.73 Å². The van der Waals surface area contributed by atoms with Crippen LogP contribution in [0.25, 0.3) is 0 Å². The number of pyridine rings is 1. The Hall–Kier alpha value is -2.56. The minimum Gasteiger partial charge on any atom is -0.398 e. The monoisotopic (exact) mass is 285 g/mol. The molecule has 21 heavy (non-hydrogen) atoms. The zero-order valence-corrected chi connectivity index (χ0v) is 12.2. The lowest BCUT2D eigenvalue weighted by Gasteiger charge is -2.27. The van der Waals surface area contributed by atoms with Gasteiger partial charge in [-0.3, -0.25) is 9.59 Å². The third-order valence-corrected chi connectivity index (χ3v) is 3.30. The van der Waals surface area contributed by atoms with Gasteiger partial charge in [0.1, 0.15) is 0 Å². The van der Waals surface area contributed by atoms with Crippen molar-refractivity contribution >= 4 is 11.6 Å². The normalized spacial score (nSPS) is 10.6. The average Bonchev–Trinajstić information content (AvgIpc) is 2.45. The van der Waals surface area contributed by atoms with E-state index < -0.39 is 0 Å². The first-order valence-corrected chi connectivity index (χ1v) is 6.82. The second kappa shape index (κ2) is 6.26. The van der Waals surface area contributed by atoms with E-state index in [-0.39, 0.29) is 17.5 Å². The van der Waals surface area contributed by atoms with Crippen LogP contribution in [0, 0.1) is 0 Å². The lowest BCUT2D eigenvalue weighted by atomic mass is 10.1. The number of nitrogens with two attached hydrogens (primary N) is 1. The summed E-state index contributed by atoms with van der Waals surface area (Å²) in [5.41, 5.74) is 7.58. The van der Waals surface area contributed by atoms with Crippen LogP contribution in [0.4, 0.5) is 5.69 Å². The number of amides is 1. The number of rotatable bonds is 4. The van der Waals surface area contributed by atoms with Crippen LogP contribution in [-0.2, 0) is 6.54 Å². The molecule has 1 amide bonds. The number of aromatic amines is 1. The lowest BCUT2D eigenvalue weighted by molar-refractivity contribution is 0.0690. The molecule has 1 heterocycles. The summed E-state index contributed by atoms with van der Waals surface area (Å²) in [6.07, 6.45) is 1.48. The molecule has 0 unspecified atom stereocenters. The molecule has 5 heteroatoms. The van der Waals surface area contributed by atoms with Crippen LogP contribution >= 0.6 is 0 Å². The summed E-state index contributed by atoms with van der Waals surface area (Å²) >= 11 is 0. The summed E-state index contributed by atoms with van der Waals surface area (Å²) in [5.74, 6) is -0.181. The number of aromatic nitrogens is 1. The number of hydrogen-bond donors (Lipinski definition) is 2. The maximum absolute atomic E-state index is 12.6. The van der Waals surface area contributed by atoms with Crippen molar-refractivity contribution in [2.24, 2.45) is 0 Å². The van der Waals surface area contributed by atoms with Crippen molar-refractivity contribution in [3.05, 3.63) is 64.1 Å². The Morgan fingerprint density at radius 3 is 2.62 bits per heavy atom. The molecule has 1 aromatic carbocycles. The number of para-hydroxylation sites is 1. The summed E-state index contributed by atoms with van der Waals surface area (Å²) in [6.45, 7) is 4.28. The van der Waals surface area contributed by atoms with Crippen molar-refractivity contribution < 1.29 is 4.79 Å². The Morgan fingerprint density at radius 1 is 1.29 bits per heavy atom. The van der Waals surface area contributed by atoms with Crippen molar-refractivity contribution in [3.8, 4) is 0 Å². The molecule has 2 rings (SSSR count). The summed E-state index contributed by atoms with van der Waals surface area (Å²) < 4.78 is 0. The fourth-order valence-corrected chi connectivity index (χ4v) is 2.09. The van der Waals surface area contributed by atoms with E-state index in [1.54, 1.807) is 11.0 Å². The topological polar surface area (TPSA) is 79.2 Å². The van der Waals surface area contributed by atoms with Crippen molar-refractivity contribution in [1.82, 2.24) is 9.88 Å². The van der Waals surface area contributed by atoms with Gasteiger partial charge in [0.25, 0.3) is 5.91 Å². The van der Waals surface area contributed by atoms with Gasteiger partial charge in [-0.25, -0.2) is 0 Å². The molecule has 1 aromatic heterocycles. The molecule has 0 spiro atoms. The number of carbonyl (C=O) groups excluding carboxylic acids is 1. The molecule has 3 N–H and O–H groups in total. The van der Waals surface area contributed by atoms with Crippen LogP contribution in [0.5, 0.6) is 0 Å². The van der Waals surface area contributed by atoms with Crippen LogP contribution < -0.4 is 11.3 Å². The Balaban J connectivity index is 2.29. The number of anilines is 1. The first kappa shape index (κ1) is 14.8. The van der Waals surface area contributed by atoms with Crippen molar-refractivity contribution in [1.29, 1.82) is 0 Å². The molecule has 5 nitrogen and oxygen atoms in total. The number of benzene rings is 1. The molecule has 0 saturated carbocycles. The first-order valence-electron chi connectivity index (χ1n) is 6.82. The van der Waals surface area contributed by atoms with E-state index in [2.05, 4.69) is 4.98 Å². The Labute approximate surface area is 123 Å². The maximum Gasteiger partial charge on any atom is 0.254 e. The molecule has 0 bridgehead atoms. The number of carbonyl (C=O) groups is 1. The van der Waals surface area contributed by atoms with Gasteiger partial charge in [0.2, 0.25) is 5.56 Å². The van der Waals surface area contributed by atoms with Gasteiger partial charge in [0, 0.05) is 36.1 Å². The zero-order valence-electron chi connectivity index (χ0n) is 12.2. The summed E-state index contributed by atoms with van der Waals surface area (Å²) in [5, 5.41) is 0. The summed E-state index contributed by atoms with van der Waals surface area (Å²) in [7, 11) is 0. The molecular weight excluding hydrogens is 266 g/mol. The van der Waals surface area contributed by atoms with Crippen LogP contribution in [0.3, 0.4) is 0 Å². The highest BCUT2D eigenvalue weighted by molar-refractivity contribution is 5.94. The molecule has 110 valence electrons. The first-order chi connectivity index (χ1) is 9.99. The minimum absolute atomic E-state index is 0.00334. The highest BCUT2D eigenvalue weighted by atomic mass is 16.2. The smallest absolute Gasteiger partial charge is 0.254 e. The number of H-pyrrole nitrogens is 1. The highest BCUT2D eigenvalue weighted by Crippen LogP contribution is 2.17. The molecule has 0 aliphatic carbocycles. The van der Waals surface area contributed by atoms with Crippen LogP contribution in [0.15, 0.2) is 47.4 Å². The molecule has 0 radical (unpaired) electrons. The Kier molecular flexibility index (Phi) is 4.42. The van der Waals surface area contributed by atoms with Gasteiger partial charge in [0.05, 0.1) is 0 Å². The summed E-state index contributed by atoms with van der Waals surface area (Å²) in [4.78, 5) is 28.1. The largest absolute Gasteiger partial charge is 0.398 e. The minimum atomic E-state index is -0.288. The number of nitrogen functional groups attached to an aromatic ring is 1. The van der Waals surface area contributed by atoms with Crippen LogP contribution in [0.2, 0.25) is 0 Å². The Morgan fingerprint density at radius 2 is 2.00 bits per heavy atom. The molecular formula is C16H19N3O2. The fraction of sp³-hybridized carbons (Fsp3) is 0.250. The maximum atomic E-state index is 12.6. The van der Waals surface area contributed by atoms with Gasteiger partial charge in [-0.2, -0.15) is 0 Å². The van der Waals surface area contributed by atoms with Gasteiger partial charge < -0.3 is 15.6 Å². The molecule has 0 fully saturated rings. The molecule has 0 aliphatic heterocycles. The van der Waals surface area contributed by atoms with Gasteiger partial charge >= 0.3 is 0 Å². The average molecular weight is 285 g/mol. The van der Waals surface area contributed by atoms with E-state index in [1.807, 2.05) is 38.1 Å². The van der Waals surface area contributed by atoms with Gasteiger partial charge in [0.15, 0.2) is 0 Å². The summed E-state index contributed by atoms with van der Waals surface area (Å²) in [6, 6.07) is 10.4. The number of nitrogens with zero attached hydrogens (tertiary/aromatic N) is 1. The van der Waals surface area contributed by atoms with E-state index in [0.717, 1.165) is 5.56 Å². The predicted octanol–water partition coefficient (Wildman–Crippen LogP) is 2.01. The second-order valence-corrected chi connectivity index (χ2v) is 5.17. The lowest BCUT2D eigenvalue weighted by Crippen LogP contribution is -2.37. The number of hydrogen-bond acceptors (Lipinski definition) is 3. The quantitative estimate of drug-likeness (QED) is 0.843. The molecule has 2 aromatic rings. The van der Waals surface area contributed by atoms with Gasteiger partial charge in [-0.1, -0.05) is 18.2 Å². The third-order valence-electron chi connectivity index (χ3n) is 3.30. The van der Waals surface area contributed by atoms with Crippen molar-refractivity contribution in [3.63, 3.8) is 0 Å². The Bertz CT molecular complexity index is 692. The number of nitrogens with one attached hydrogen (secondary N) is 1.